The number of rotatable bonds is 5. The van der Waals surface area contributed by atoms with Crippen LogP contribution in [0.25, 0.3) is 33.7 Å². The number of aromatic nitrogens is 7. The Balaban J connectivity index is 1.37. The molecule has 3 heterocycles. The fraction of sp³-hybridized carbons (Fsp3) is 0.100. The summed E-state index contributed by atoms with van der Waals surface area (Å²) >= 11 is 6.36. The summed E-state index contributed by atoms with van der Waals surface area (Å²) in [6, 6.07) is 12.3. The van der Waals surface area contributed by atoms with Gasteiger partial charge in [0.15, 0.2) is 0 Å². The highest BCUT2D eigenvalue weighted by molar-refractivity contribution is 6.31. The van der Waals surface area contributed by atoms with E-state index in [1.807, 2.05) is 24.3 Å². The van der Waals surface area contributed by atoms with Gasteiger partial charge in [-0.3, -0.25) is 4.98 Å². The van der Waals surface area contributed by atoms with Crippen LogP contribution < -0.4 is 5.73 Å². The number of nitrogens with zero attached hydrogens (tertiary/aromatic N) is 7. The third-order valence-electron chi connectivity index (χ3n) is 4.65. The van der Waals surface area contributed by atoms with E-state index in [9.17, 15) is 8.78 Å². The zero-order valence-electron chi connectivity index (χ0n) is 16.2. The van der Waals surface area contributed by atoms with Crippen LogP contribution in [0.1, 0.15) is 17.9 Å². The molecule has 5 aromatic rings. The lowest BCUT2D eigenvalue weighted by Gasteiger charge is -2.04. The van der Waals surface area contributed by atoms with Crippen molar-refractivity contribution in [3.05, 3.63) is 65.1 Å². The van der Waals surface area contributed by atoms with Crippen molar-refractivity contribution in [1.82, 2.24) is 35.4 Å². The average Bonchev–Trinajstić information content (AvgIpc) is 3.45. The first kappa shape index (κ1) is 19.9. The molecule has 0 saturated carbocycles. The van der Waals surface area contributed by atoms with E-state index in [1.165, 1.54) is 4.80 Å². The summed E-state index contributed by atoms with van der Waals surface area (Å²) < 4.78 is 30.2. The fourth-order valence-corrected chi connectivity index (χ4v) is 3.35. The van der Waals surface area contributed by atoms with Gasteiger partial charge in [-0.15, -0.1) is 20.4 Å². The van der Waals surface area contributed by atoms with Crippen molar-refractivity contribution < 1.29 is 13.2 Å². The van der Waals surface area contributed by atoms with E-state index in [-0.39, 0.29) is 12.4 Å². The molecule has 0 amide bonds. The average molecular weight is 455 g/mol. The van der Waals surface area contributed by atoms with Crippen LogP contribution in [0, 0.1) is 0 Å². The monoisotopic (exact) mass is 454 g/mol. The van der Waals surface area contributed by atoms with Crippen molar-refractivity contribution in [2.24, 2.45) is 0 Å². The lowest BCUT2D eigenvalue weighted by Crippen LogP contribution is -2.04. The molecule has 9 nitrogen and oxygen atoms in total. The van der Waals surface area contributed by atoms with Crippen LogP contribution in [0.3, 0.4) is 0 Å². The van der Waals surface area contributed by atoms with Gasteiger partial charge < -0.3 is 10.2 Å². The van der Waals surface area contributed by atoms with Gasteiger partial charge in [0, 0.05) is 21.5 Å². The number of alkyl halides is 2. The summed E-state index contributed by atoms with van der Waals surface area (Å²) in [5.41, 5.74) is 9.07. The van der Waals surface area contributed by atoms with E-state index >= 15 is 0 Å². The first-order valence-corrected chi connectivity index (χ1v) is 9.68. The van der Waals surface area contributed by atoms with E-state index in [4.69, 9.17) is 21.8 Å². The van der Waals surface area contributed by atoms with Crippen LogP contribution in [0.2, 0.25) is 5.02 Å². The highest BCUT2D eigenvalue weighted by Gasteiger charge is 2.18. The molecular formula is C20H13ClF2N8O. The number of benzene rings is 2. The maximum absolute atomic E-state index is 12.6. The van der Waals surface area contributed by atoms with Gasteiger partial charge in [-0.05, 0) is 47.2 Å². The Bertz CT molecular complexity index is 1430. The lowest BCUT2D eigenvalue weighted by molar-refractivity contribution is 0.116. The summed E-state index contributed by atoms with van der Waals surface area (Å²) in [6.07, 6.45) is -1.24. The molecule has 0 bridgehead atoms. The minimum absolute atomic E-state index is 0.0404. The smallest absolute Gasteiger partial charge is 0.314 e. The molecule has 0 aliphatic carbocycles. The van der Waals surface area contributed by atoms with Crippen LogP contribution in [0.5, 0.6) is 0 Å². The lowest BCUT2D eigenvalue weighted by atomic mass is 10.1. The summed E-state index contributed by atoms with van der Waals surface area (Å²) in [4.78, 5) is 5.67. The number of hydrogen-bond acceptors (Lipinski definition) is 8. The molecule has 32 heavy (non-hydrogen) atoms. The third-order valence-corrected chi connectivity index (χ3v) is 5.00. The third kappa shape index (κ3) is 3.85. The Morgan fingerprint density at radius 3 is 2.66 bits per heavy atom. The Labute approximate surface area is 183 Å². The predicted molar refractivity (Wildman–Crippen MR) is 112 cm³/mol. The molecule has 2 aromatic carbocycles. The van der Waals surface area contributed by atoms with Crippen molar-refractivity contribution >= 4 is 28.2 Å². The Morgan fingerprint density at radius 2 is 1.88 bits per heavy atom. The van der Waals surface area contributed by atoms with Gasteiger partial charge in [-0.25, -0.2) is 0 Å². The van der Waals surface area contributed by atoms with Crippen LogP contribution in [0.15, 0.2) is 53.1 Å². The molecule has 0 unspecified atom stereocenters. The van der Waals surface area contributed by atoms with Gasteiger partial charge in [0.25, 0.3) is 5.89 Å². The second kappa shape index (κ2) is 7.93. The van der Waals surface area contributed by atoms with Crippen molar-refractivity contribution in [1.29, 1.82) is 0 Å². The number of anilines is 1. The first-order valence-electron chi connectivity index (χ1n) is 9.30. The molecular weight excluding hydrogens is 442 g/mol. The topological polar surface area (TPSA) is 121 Å². The Morgan fingerprint density at radius 1 is 1.03 bits per heavy atom. The number of nitrogens with two attached hydrogens (primary N) is 1. The summed E-state index contributed by atoms with van der Waals surface area (Å²) in [6.45, 7) is 0.250. The molecule has 12 heteroatoms. The van der Waals surface area contributed by atoms with Gasteiger partial charge >= 0.3 is 6.43 Å². The summed E-state index contributed by atoms with van der Waals surface area (Å²) in [5, 5.41) is 20.8. The van der Waals surface area contributed by atoms with Gasteiger partial charge in [-0.2, -0.15) is 13.6 Å². The fourth-order valence-electron chi connectivity index (χ4n) is 3.11. The maximum atomic E-state index is 12.6. The maximum Gasteiger partial charge on any atom is 0.314 e. The zero-order chi connectivity index (χ0) is 22.2. The van der Waals surface area contributed by atoms with E-state index in [0.29, 0.717) is 27.7 Å². The second-order valence-electron chi connectivity index (χ2n) is 6.87. The van der Waals surface area contributed by atoms with E-state index in [2.05, 4.69) is 30.6 Å². The van der Waals surface area contributed by atoms with Crippen LogP contribution in [-0.2, 0) is 6.54 Å². The Hall–Kier alpha value is -3.99. The number of halogens is 3. The van der Waals surface area contributed by atoms with Gasteiger partial charge in [0.1, 0.15) is 0 Å². The number of tetrazole rings is 1. The molecule has 0 radical (unpaired) electrons. The van der Waals surface area contributed by atoms with E-state index in [1.54, 1.807) is 24.4 Å². The largest absolute Gasteiger partial charge is 0.415 e. The summed E-state index contributed by atoms with van der Waals surface area (Å²) in [5.74, 6) is -0.347. The van der Waals surface area contributed by atoms with Crippen molar-refractivity contribution in [2.75, 3.05) is 5.73 Å². The molecule has 160 valence electrons. The van der Waals surface area contributed by atoms with Crippen molar-refractivity contribution in [3.63, 3.8) is 0 Å². The quantitative estimate of drug-likeness (QED) is 0.420. The normalized spacial score (nSPS) is 11.5. The molecule has 0 atom stereocenters. The van der Waals surface area contributed by atoms with Gasteiger partial charge in [0.2, 0.25) is 11.7 Å². The zero-order valence-corrected chi connectivity index (χ0v) is 16.9. The van der Waals surface area contributed by atoms with Gasteiger partial charge in [-0.1, -0.05) is 17.7 Å². The predicted octanol–water partition coefficient (Wildman–Crippen LogP) is 4.16. The SMILES string of the molecule is Nc1cnc2ccc(-c3nnn(Cc4ccc(-c5nnc(C(F)F)o5)cc4Cl)n3)cc2c1. The number of hydrogen-bond donors (Lipinski definition) is 1. The second-order valence-corrected chi connectivity index (χ2v) is 7.28. The van der Waals surface area contributed by atoms with Crippen LogP contribution in [-0.4, -0.2) is 35.4 Å². The molecule has 2 N–H and O–H groups in total. The highest BCUT2D eigenvalue weighted by atomic mass is 35.5. The number of nitrogen functional groups attached to an aromatic ring is 1. The first-order chi connectivity index (χ1) is 15.5. The molecule has 3 aromatic heterocycles. The molecule has 0 fully saturated rings. The molecule has 0 spiro atoms. The minimum Gasteiger partial charge on any atom is -0.415 e. The highest BCUT2D eigenvalue weighted by Crippen LogP contribution is 2.28. The minimum atomic E-state index is -2.84. The van der Waals surface area contributed by atoms with E-state index in [0.717, 1.165) is 16.5 Å². The molecule has 0 aliphatic rings. The van der Waals surface area contributed by atoms with Gasteiger partial charge in [0.05, 0.1) is 23.9 Å². The van der Waals surface area contributed by atoms with Crippen molar-refractivity contribution in [2.45, 2.75) is 13.0 Å². The number of pyridine rings is 1. The van der Waals surface area contributed by atoms with Crippen molar-refractivity contribution in [3.8, 4) is 22.8 Å². The molecule has 0 saturated heterocycles. The van der Waals surface area contributed by atoms with Crippen LogP contribution >= 0.6 is 11.6 Å². The Kier molecular flexibility index (Phi) is 4.94. The standard InChI is InChI=1S/C20H13ClF2N8O/c21-15-7-11(19-27-28-20(32-19)17(22)23)1-2-12(15)9-31-29-18(26-30-31)10-3-4-16-13(5-10)6-14(24)8-25-16/h1-8,17H,9,24H2. The molecule has 5 rings (SSSR count). The van der Waals surface area contributed by atoms with E-state index < -0.39 is 12.3 Å². The summed E-state index contributed by atoms with van der Waals surface area (Å²) in [7, 11) is 0. The van der Waals surface area contributed by atoms with Crippen LogP contribution in [0.4, 0.5) is 14.5 Å². The number of fused-ring (bicyclic) bond motifs is 1. The molecule has 0 aliphatic heterocycles.